The number of benzene rings is 1. The zero-order chi connectivity index (χ0) is 15.2. The number of carboxylic acid groups (broad SMARTS) is 1. The third-order valence-corrected chi connectivity index (χ3v) is 3.57. The van der Waals surface area contributed by atoms with Crippen LogP contribution < -0.4 is 5.32 Å². The average Bonchev–Trinajstić information content (AvgIpc) is 2.96. The highest BCUT2D eigenvalue weighted by Crippen LogP contribution is 2.16. The van der Waals surface area contributed by atoms with Crippen LogP contribution in [0, 0.1) is 5.92 Å². The Balaban J connectivity index is 1.84. The Hall–Kier alpha value is -2.08. The Bertz CT molecular complexity index is 518. The van der Waals surface area contributed by atoms with Crippen molar-refractivity contribution in [3.8, 4) is 0 Å². The Morgan fingerprint density at radius 2 is 2.19 bits per heavy atom. The van der Waals surface area contributed by atoms with Gasteiger partial charge >= 0.3 is 12.0 Å². The van der Waals surface area contributed by atoms with Gasteiger partial charge in [0.25, 0.3) is 0 Å². The van der Waals surface area contributed by atoms with Gasteiger partial charge in [-0.05, 0) is 17.5 Å². The number of hydrogen-bond acceptors (Lipinski definition) is 3. The van der Waals surface area contributed by atoms with Crippen LogP contribution >= 0.6 is 0 Å². The molecule has 2 amide bonds. The molecule has 1 atom stereocenters. The van der Waals surface area contributed by atoms with Crippen LogP contribution in [-0.2, 0) is 22.7 Å². The number of amides is 2. The predicted molar refractivity (Wildman–Crippen MR) is 76.7 cm³/mol. The lowest BCUT2D eigenvalue weighted by molar-refractivity contribution is -0.141. The summed E-state index contributed by atoms with van der Waals surface area (Å²) in [6.45, 7) is 1.73. The summed E-state index contributed by atoms with van der Waals surface area (Å²) in [7, 11) is 1.64. The van der Waals surface area contributed by atoms with Crippen LogP contribution in [0.25, 0.3) is 0 Å². The molecule has 1 aliphatic heterocycles. The fraction of sp³-hybridized carbons (Fsp3) is 0.467. The number of ether oxygens (including phenoxy) is 1. The van der Waals surface area contributed by atoms with E-state index in [-0.39, 0.29) is 12.6 Å². The third-order valence-electron chi connectivity index (χ3n) is 3.57. The van der Waals surface area contributed by atoms with E-state index < -0.39 is 11.9 Å². The molecule has 21 heavy (non-hydrogen) atoms. The van der Waals surface area contributed by atoms with E-state index in [1.165, 1.54) is 0 Å². The summed E-state index contributed by atoms with van der Waals surface area (Å²) in [5.74, 6) is -1.28. The summed E-state index contributed by atoms with van der Waals surface area (Å²) in [6, 6.07) is 7.59. The number of hydrogen-bond donors (Lipinski definition) is 2. The minimum absolute atomic E-state index is 0.212. The van der Waals surface area contributed by atoms with Crippen molar-refractivity contribution in [1.82, 2.24) is 10.2 Å². The average molecular weight is 292 g/mol. The molecule has 0 saturated carbocycles. The van der Waals surface area contributed by atoms with Gasteiger partial charge in [-0.2, -0.15) is 0 Å². The molecule has 0 bridgehead atoms. The number of carbonyl (C=O) groups is 2. The van der Waals surface area contributed by atoms with Crippen LogP contribution in [0.5, 0.6) is 0 Å². The van der Waals surface area contributed by atoms with E-state index in [1.54, 1.807) is 12.0 Å². The fourth-order valence-corrected chi connectivity index (χ4v) is 2.43. The van der Waals surface area contributed by atoms with E-state index in [0.717, 1.165) is 11.1 Å². The first-order valence-electron chi connectivity index (χ1n) is 6.92. The molecule has 6 heteroatoms. The number of nitrogens with zero attached hydrogens (tertiary/aromatic N) is 1. The molecule has 0 aliphatic carbocycles. The first-order chi connectivity index (χ1) is 10.1. The van der Waals surface area contributed by atoms with Crippen molar-refractivity contribution in [2.45, 2.75) is 19.6 Å². The second kappa shape index (κ2) is 7.08. The van der Waals surface area contributed by atoms with Crippen molar-refractivity contribution in [3.63, 3.8) is 0 Å². The van der Waals surface area contributed by atoms with Crippen molar-refractivity contribution in [1.29, 1.82) is 0 Å². The molecule has 2 rings (SSSR count). The van der Waals surface area contributed by atoms with Gasteiger partial charge in [0.1, 0.15) is 0 Å². The molecular weight excluding hydrogens is 272 g/mol. The van der Waals surface area contributed by atoms with Gasteiger partial charge in [-0.15, -0.1) is 0 Å². The van der Waals surface area contributed by atoms with Crippen molar-refractivity contribution in [2.24, 2.45) is 5.92 Å². The number of methoxy groups -OCH3 is 1. The second-order valence-corrected chi connectivity index (χ2v) is 5.18. The lowest BCUT2D eigenvalue weighted by Crippen LogP contribution is -2.38. The predicted octanol–water partition coefficient (Wildman–Crippen LogP) is 1.45. The SMILES string of the molecule is COCc1cccc(CNC(=O)N2CCC(C(=O)O)C2)c1. The summed E-state index contributed by atoms with van der Waals surface area (Å²) in [5.41, 5.74) is 2.04. The van der Waals surface area contributed by atoms with Gasteiger partial charge in [-0.25, -0.2) is 4.79 Å². The highest BCUT2D eigenvalue weighted by Gasteiger charge is 2.30. The maximum Gasteiger partial charge on any atom is 0.317 e. The van der Waals surface area contributed by atoms with Gasteiger partial charge in [0.15, 0.2) is 0 Å². The van der Waals surface area contributed by atoms with Crippen molar-refractivity contribution < 1.29 is 19.4 Å². The Morgan fingerprint density at radius 1 is 1.43 bits per heavy atom. The first-order valence-corrected chi connectivity index (χ1v) is 6.92. The topological polar surface area (TPSA) is 78.9 Å². The van der Waals surface area contributed by atoms with Crippen LogP contribution in [-0.4, -0.2) is 42.2 Å². The van der Waals surface area contributed by atoms with Crippen molar-refractivity contribution in [3.05, 3.63) is 35.4 Å². The number of carbonyl (C=O) groups excluding carboxylic acids is 1. The van der Waals surface area contributed by atoms with Crippen LogP contribution in [0.3, 0.4) is 0 Å². The molecule has 1 aromatic rings. The van der Waals surface area contributed by atoms with Gasteiger partial charge in [-0.3, -0.25) is 4.79 Å². The largest absolute Gasteiger partial charge is 0.481 e. The number of rotatable bonds is 5. The molecule has 1 saturated heterocycles. The number of nitrogens with one attached hydrogen (secondary N) is 1. The number of urea groups is 1. The lowest BCUT2D eigenvalue weighted by atomic mass is 10.1. The minimum Gasteiger partial charge on any atom is -0.481 e. The third kappa shape index (κ3) is 4.19. The molecule has 1 aromatic carbocycles. The maximum absolute atomic E-state index is 12.0. The number of carboxylic acids is 1. The van der Waals surface area contributed by atoms with Crippen LogP contribution in [0.4, 0.5) is 4.79 Å². The van der Waals surface area contributed by atoms with Crippen LogP contribution in [0.15, 0.2) is 24.3 Å². The molecule has 2 N–H and O–H groups in total. The molecule has 1 fully saturated rings. The molecule has 1 heterocycles. The van der Waals surface area contributed by atoms with Crippen LogP contribution in [0.2, 0.25) is 0 Å². The standard InChI is InChI=1S/C15H20N2O4/c1-21-10-12-4-2-3-11(7-12)8-16-15(20)17-6-5-13(9-17)14(18)19/h2-4,7,13H,5-6,8-10H2,1H3,(H,16,20)(H,18,19). The molecular formula is C15H20N2O4. The molecule has 0 radical (unpaired) electrons. The summed E-state index contributed by atoms with van der Waals surface area (Å²) < 4.78 is 5.07. The molecule has 0 spiro atoms. The summed E-state index contributed by atoms with van der Waals surface area (Å²) in [4.78, 5) is 24.4. The normalized spacial score (nSPS) is 17.8. The van der Waals surface area contributed by atoms with E-state index in [2.05, 4.69) is 5.32 Å². The minimum atomic E-state index is -0.836. The summed E-state index contributed by atoms with van der Waals surface area (Å²) in [6.07, 6.45) is 0.520. The second-order valence-electron chi connectivity index (χ2n) is 5.18. The van der Waals surface area contributed by atoms with Gasteiger partial charge in [0, 0.05) is 26.7 Å². The molecule has 114 valence electrons. The molecule has 6 nitrogen and oxygen atoms in total. The monoisotopic (exact) mass is 292 g/mol. The van der Waals surface area contributed by atoms with Gasteiger partial charge in [0.2, 0.25) is 0 Å². The van der Waals surface area contributed by atoms with Gasteiger partial charge < -0.3 is 20.1 Å². The highest BCUT2D eigenvalue weighted by molar-refractivity contribution is 5.77. The molecule has 0 aromatic heterocycles. The van der Waals surface area contributed by atoms with E-state index in [1.807, 2.05) is 24.3 Å². The van der Waals surface area contributed by atoms with Gasteiger partial charge in [0.05, 0.1) is 12.5 Å². The number of aliphatic carboxylic acids is 1. The Kier molecular flexibility index (Phi) is 5.16. The quantitative estimate of drug-likeness (QED) is 0.861. The van der Waals surface area contributed by atoms with E-state index in [9.17, 15) is 9.59 Å². The lowest BCUT2D eigenvalue weighted by Gasteiger charge is -2.17. The fourth-order valence-electron chi connectivity index (χ4n) is 2.43. The Morgan fingerprint density at radius 3 is 2.86 bits per heavy atom. The van der Waals surface area contributed by atoms with Gasteiger partial charge in [-0.1, -0.05) is 24.3 Å². The summed E-state index contributed by atoms with van der Waals surface area (Å²) in [5, 5.41) is 11.8. The van der Waals surface area contributed by atoms with Crippen LogP contribution in [0.1, 0.15) is 17.5 Å². The van der Waals surface area contributed by atoms with Crippen molar-refractivity contribution >= 4 is 12.0 Å². The van der Waals surface area contributed by atoms with E-state index >= 15 is 0 Å². The smallest absolute Gasteiger partial charge is 0.317 e. The Labute approximate surface area is 123 Å². The zero-order valence-electron chi connectivity index (χ0n) is 12.0. The molecule has 1 unspecified atom stereocenters. The first kappa shape index (κ1) is 15.3. The maximum atomic E-state index is 12.0. The number of likely N-dealkylation sites (tertiary alicyclic amines) is 1. The van der Waals surface area contributed by atoms with Crippen molar-refractivity contribution in [2.75, 3.05) is 20.2 Å². The zero-order valence-corrected chi connectivity index (χ0v) is 12.0. The summed E-state index contributed by atoms with van der Waals surface area (Å²) >= 11 is 0. The van der Waals surface area contributed by atoms with E-state index in [4.69, 9.17) is 9.84 Å². The highest BCUT2D eigenvalue weighted by atomic mass is 16.5. The van der Waals surface area contributed by atoms with E-state index in [0.29, 0.717) is 26.1 Å². The molecule has 1 aliphatic rings.